The Labute approximate surface area is 82.3 Å². The van der Waals surface area contributed by atoms with Gasteiger partial charge in [0, 0.05) is 27.3 Å². The Bertz CT molecular complexity index is 241. The van der Waals surface area contributed by atoms with E-state index in [1.54, 1.807) is 0 Å². The molecule has 0 atom stereocenters. The molecule has 0 rings (SSSR count). The van der Waals surface area contributed by atoms with Gasteiger partial charge in [-0.15, -0.1) is 0 Å². The van der Waals surface area contributed by atoms with Crippen molar-refractivity contribution in [1.29, 1.82) is 0 Å². The molecule has 0 saturated heterocycles. The van der Waals surface area contributed by atoms with Crippen LogP contribution in [0, 0.1) is 0 Å². The van der Waals surface area contributed by atoms with Crippen LogP contribution in [0.2, 0.25) is 0 Å². The summed E-state index contributed by atoms with van der Waals surface area (Å²) in [4.78, 5) is 0. The average molecular weight is 354 g/mol. The van der Waals surface area contributed by atoms with Gasteiger partial charge in [0.2, 0.25) is 0 Å². The van der Waals surface area contributed by atoms with Gasteiger partial charge >= 0.3 is 55.7 Å². The molecular formula is H2CdO6S2Se. The van der Waals surface area contributed by atoms with E-state index in [-0.39, 0.29) is 27.3 Å². The van der Waals surface area contributed by atoms with Gasteiger partial charge in [-0.2, -0.15) is 0 Å². The van der Waals surface area contributed by atoms with Crippen LogP contribution in [-0.4, -0.2) is 38.7 Å². The quantitative estimate of drug-likeness (QED) is 0.452. The third-order valence-electron chi connectivity index (χ3n) is 0.172. The maximum Gasteiger partial charge on any atom is 0 e. The first kappa shape index (κ1) is 13.8. The first-order valence-corrected chi connectivity index (χ1v) is 8.29. The van der Waals surface area contributed by atoms with Crippen molar-refractivity contribution in [3.05, 3.63) is 0 Å². The molecule has 6 nitrogen and oxygen atoms in total. The fourth-order valence-corrected chi connectivity index (χ4v) is 5.08. The second kappa shape index (κ2) is 4.33. The van der Waals surface area contributed by atoms with Crippen molar-refractivity contribution in [2.45, 2.75) is 0 Å². The minimum absolute atomic E-state index is 0. The summed E-state index contributed by atoms with van der Waals surface area (Å²) in [6, 6.07) is 0. The normalized spacial score (nSPS) is 12.2. The minimum Gasteiger partial charge on any atom is 0 e. The van der Waals surface area contributed by atoms with E-state index in [1.807, 2.05) is 0 Å². The summed E-state index contributed by atoms with van der Waals surface area (Å²) >= 11 is -2.19. The first-order valence-electron chi connectivity index (χ1n) is 1.37. The van der Waals surface area contributed by atoms with E-state index in [2.05, 4.69) is 0 Å². The van der Waals surface area contributed by atoms with Crippen molar-refractivity contribution in [2.24, 2.45) is 0 Å². The van der Waals surface area contributed by atoms with Crippen molar-refractivity contribution in [3.63, 3.8) is 0 Å². The molecule has 0 aromatic heterocycles. The maximum absolute atomic E-state index is 9.69. The maximum atomic E-state index is 9.69. The fourth-order valence-electron chi connectivity index (χ4n) is 0.109. The molecule has 0 spiro atoms. The molecule has 0 bridgehead atoms. The zero-order chi connectivity index (χ0) is 7.71. The summed E-state index contributed by atoms with van der Waals surface area (Å²) in [5.41, 5.74) is 0. The molecule has 0 amide bonds. The molecule has 0 aromatic rings. The Morgan fingerprint density at radius 3 is 1.10 bits per heavy atom. The molecular weight excluding hydrogens is 352 g/mol. The van der Waals surface area contributed by atoms with Crippen LogP contribution in [0.25, 0.3) is 0 Å². The molecule has 58 valence electrons. The van der Waals surface area contributed by atoms with Crippen molar-refractivity contribution in [3.8, 4) is 0 Å². The van der Waals surface area contributed by atoms with Gasteiger partial charge < -0.3 is 0 Å². The standard InChI is InChI=1S/Cd.H2O6S2Se/c;1-7(2,3)9-8(4,5)6/h;(H,1,2,3)(H,4,5,6). The van der Waals surface area contributed by atoms with E-state index in [0.717, 1.165) is 0 Å². The van der Waals surface area contributed by atoms with Crippen LogP contribution in [0.5, 0.6) is 0 Å². The van der Waals surface area contributed by atoms with E-state index >= 15 is 0 Å². The summed E-state index contributed by atoms with van der Waals surface area (Å²) in [6.07, 6.45) is 0. The van der Waals surface area contributed by atoms with Gasteiger partial charge in [-0.25, -0.2) is 0 Å². The monoisotopic (exact) mass is 356 g/mol. The molecule has 0 aromatic carbocycles. The largest absolute Gasteiger partial charge is 0 e. The van der Waals surface area contributed by atoms with Gasteiger partial charge in [0.25, 0.3) is 0 Å². The van der Waals surface area contributed by atoms with E-state index in [0.29, 0.717) is 0 Å². The van der Waals surface area contributed by atoms with Crippen LogP contribution in [0.4, 0.5) is 0 Å². The topological polar surface area (TPSA) is 109 Å². The zero-order valence-corrected chi connectivity index (χ0v) is 11.8. The van der Waals surface area contributed by atoms with Gasteiger partial charge in [0.15, 0.2) is 0 Å². The summed E-state index contributed by atoms with van der Waals surface area (Å²) in [7, 11) is -9.11. The summed E-state index contributed by atoms with van der Waals surface area (Å²) in [5.74, 6) is 0. The summed E-state index contributed by atoms with van der Waals surface area (Å²) in [5, 5.41) is 0. The molecule has 0 radical (unpaired) electrons. The van der Waals surface area contributed by atoms with Gasteiger partial charge in [-0.05, 0) is 0 Å². The molecule has 0 fully saturated rings. The zero-order valence-electron chi connectivity index (χ0n) is 4.46. The van der Waals surface area contributed by atoms with Crippen LogP contribution in [0.1, 0.15) is 0 Å². The molecule has 0 unspecified atom stereocenters. The molecule has 0 heterocycles. The number of hydrogen-bond donors (Lipinski definition) is 2. The molecule has 10 heteroatoms. The van der Waals surface area contributed by atoms with Gasteiger partial charge in [-0.1, -0.05) is 0 Å². The van der Waals surface area contributed by atoms with E-state index in [9.17, 15) is 16.8 Å². The molecule has 2 N–H and O–H groups in total. The second-order valence-corrected chi connectivity index (χ2v) is 11.1. The van der Waals surface area contributed by atoms with Gasteiger partial charge in [0.1, 0.15) is 0 Å². The second-order valence-electron chi connectivity index (χ2n) is 0.924. The SMILES string of the molecule is O=S(=O)(O)[Se]S(=O)(=O)O.[Cd]. The van der Waals surface area contributed by atoms with Gasteiger partial charge in [0.05, 0.1) is 0 Å². The molecule has 10 heavy (non-hydrogen) atoms. The summed E-state index contributed by atoms with van der Waals surface area (Å²) < 4.78 is 54.4. The number of hydrogen-bond acceptors (Lipinski definition) is 4. The van der Waals surface area contributed by atoms with E-state index in [4.69, 9.17) is 9.11 Å². The molecule has 0 aliphatic rings. The Hall–Kier alpha value is 1.26. The van der Waals surface area contributed by atoms with E-state index in [1.165, 1.54) is 0 Å². The molecule has 0 aliphatic heterocycles. The fraction of sp³-hybridized carbons (Fsp3) is 0. The van der Waals surface area contributed by atoms with Crippen LogP contribution in [0.3, 0.4) is 0 Å². The van der Waals surface area contributed by atoms with Crippen molar-refractivity contribution in [2.75, 3.05) is 0 Å². The average Bonchev–Trinajstić information content (AvgIpc) is 1.14. The van der Waals surface area contributed by atoms with Crippen molar-refractivity contribution < 1.29 is 53.2 Å². The van der Waals surface area contributed by atoms with Crippen LogP contribution >= 0.6 is 0 Å². The molecule has 0 saturated carbocycles. The van der Waals surface area contributed by atoms with Crippen molar-refractivity contribution in [1.82, 2.24) is 0 Å². The predicted octanol–water partition coefficient (Wildman–Crippen LogP) is -1.71. The smallest absolute Gasteiger partial charge is 0 e. The van der Waals surface area contributed by atoms with Crippen LogP contribution < -0.4 is 0 Å². The Morgan fingerprint density at radius 1 is 0.900 bits per heavy atom. The van der Waals surface area contributed by atoms with E-state index < -0.39 is 29.8 Å². The van der Waals surface area contributed by atoms with Crippen LogP contribution in [0.15, 0.2) is 0 Å². The minimum atomic E-state index is -4.56. The summed E-state index contributed by atoms with van der Waals surface area (Å²) in [6.45, 7) is 0. The Kier molecular flexibility index (Phi) is 5.98. The third-order valence-corrected chi connectivity index (χ3v) is 8.04. The van der Waals surface area contributed by atoms with Crippen molar-refractivity contribution >= 4 is 29.8 Å². The number of rotatable bonds is 2. The predicted molar refractivity (Wildman–Crippen MR) is 28.9 cm³/mol. The van der Waals surface area contributed by atoms with Gasteiger partial charge in [-0.3, -0.25) is 0 Å². The Morgan fingerprint density at radius 2 is 1.10 bits per heavy atom. The van der Waals surface area contributed by atoms with Crippen LogP contribution in [-0.2, 0) is 44.4 Å². The first-order chi connectivity index (χ1) is 3.71. The third kappa shape index (κ3) is 12.0. The Balaban J connectivity index is 0. The molecule has 0 aliphatic carbocycles.